The Morgan fingerprint density at radius 2 is 2.17 bits per heavy atom. The first-order chi connectivity index (χ1) is 8.65. The number of aromatic nitrogens is 3. The fourth-order valence-electron chi connectivity index (χ4n) is 1.59. The first kappa shape index (κ1) is 13.3. The molecule has 0 bridgehead atoms. The van der Waals surface area contributed by atoms with Crippen LogP contribution in [0.3, 0.4) is 0 Å². The van der Waals surface area contributed by atoms with E-state index >= 15 is 0 Å². The second-order valence-electron chi connectivity index (χ2n) is 4.00. The molecule has 18 heavy (non-hydrogen) atoms. The van der Waals surface area contributed by atoms with Crippen molar-refractivity contribution in [3.63, 3.8) is 0 Å². The molecule has 0 spiro atoms. The van der Waals surface area contributed by atoms with Crippen molar-refractivity contribution in [3.8, 4) is 0 Å². The summed E-state index contributed by atoms with van der Waals surface area (Å²) in [5.74, 6) is 0.840. The molecule has 0 aliphatic carbocycles. The molecule has 0 aliphatic rings. The van der Waals surface area contributed by atoms with Crippen LogP contribution >= 0.6 is 23.2 Å². The zero-order chi connectivity index (χ0) is 13.0. The number of rotatable bonds is 5. The summed E-state index contributed by atoms with van der Waals surface area (Å²) in [5.41, 5.74) is 1.04. The van der Waals surface area contributed by atoms with Gasteiger partial charge in [0, 0.05) is 36.6 Å². The molecule has 0 saturated heterocycles. The normalized spacial score (nSPS) is 10.8. The predicted octanol–water partition coefficient (Wildman–Crippen LogP) is 2.45. The summed E-state index contributed by atoms with van der Waals surface area (Å²) in [4.78, 5) is 4.16. The van der Waals surface area contributed by atoms with E-state index in [1.54, 1.807) is 17.1 Å². The Balaban J connectivity index is 1.78. The molecule has 1 aromatic heterocycles. The maximum atomic E-state index is 6.08. The van der Waals surface area contributed by atoms with E-state index in [-0.39, 0.29) is 0 Å². The number of hydrogen-bond acceptors (Lipinski definition) is 3. The number of nitrogens with one attached hydrogen (secondary N) is 1. The van der Waals surface area contributed by atoms with Gasteiger partial charge < -0.3 is 5.32 Å². The molecule has 96 valence electrons. The van der Waals surface area contributed by atoms with Crippen molar-refractivity contribution in [3.05, 3.63) is 46.0 Å². The van der Waals surface area contributed by atoms with Crippen molar-refractivity contribution < 1.29 is 0 Å². The maximum absolute atomic E-state index is 6.08. The fourth-order valence-corrected chi connectivity index (χ4v) is 2.06. The van der Waals surface area contributed by atoms with Crippen molar-refractivity contribution in [2.45, 2.75) is 13.0 Å². The highest BCUT2D eigenvalue weighted by molar-refractivity contribution is 6.35. The first-order valence-electron chi connectivity index (χ1n) is 5.64. The molecule has 1 aromatic carbocycles. The number of halogens is 2. The highest BCUT2D eigenvalue weighted by Crippen LogP contribution is 2.20. The minimum Gasteiger partial charge on any atom is -0.312 e. The average Bonchev–Trinajstić information content (AvgIpc) is 2.73. The van der Waals surface area contributed by atoms with Crippen LogP contribution in [0.5, 0.6) is 0 Å². The van der Waals surface area contributed by atoms with Gasteiger partial charge in [-0.15, -0.1) is 0 Å². The standard InChI is InChI=1S/C12H14Cl2N4/c1-18-8-16-12(17-18)4-5-15-7-9-2-3-10(13)6-11(9)14/h2-3,6,8,15H,4-5,7H2,1H3. The third kappa shape index (κ3) is 3.70. The van der Waals surface area contributed by atoms with Crippen LogP contribution in [0.25, 0.3) is 0 Å². The molecule has 0 unspecified atom stereocenters. The molecule has 1 heterocycles. The monoisotopic (exact) mass is 284 g/mol. The summed E-state index contributed by atoms with van der Waals surface area (Å²) in [7, 11) is 1.86. The Morgan fingerprint density at radius 1 is 1.33 bits per heavy atom. The average molecular weight is 285 g/mol. The van der Waals surface area contributed by atoms with Crippen molar-refractivity contribution in [2.75, 3.05) is 6.54 Å². The van der Waals surface area contributed by atoms with Gasteiger partial charge in [0.15, 0.2) is 5.82 Å². The highest BCUT2D eigenvalue weighted by atomic mass is 35.5. The van der Waals surface area contributed by atoms with E-state index in [2.05, 4.69) is 15.4 Å². The topological polar surface area (TPSA) is 42.7 Å². The summed E-state index contributed by atoms with van der Waals surface area (Å²) in [6.07, 6.45) is 2.50. The summed E-state index contributed by atoms with van der Waals surface area (Å²) in [6, 6.07) is 5.52. The van der Waals surface area contributed by atoms with Gasteiger partial charge in [-0.25, -0.2) is 4.98 Å². The van der Waals surface area contributed by atoms with Gasteiger partial charge in [-0.2, -0.15) is 5.10 Å². The minimum atomic E-state index is 0.654. The van der Waals surface area contributed by atoms with Crippen LogP contribution in [0.2, 0.25) is 10.0 Å². The van der Waals surface area contributed by atoms with Gasteiger partial charge in [-0.1, -0.05) is 29.3 Å². The van der Waals surface area contributed by atoms with E-state index < -0.39 is 0 Å². The van der Waals surface area contributed by atoms with Crippen LogP contribution in [0.15, 0.2) is 24.5 Å². The van der Waals surface area contributed by atoms with E-state index in [4.69, 9.17) is 23.2 Å². The SMILES string of the molecule is Cn1cnc(CCNCc2ccc(Cl)cc2Cl)n1. The number of nitrogens with zero attached hydrogens (tertiary/aromatic N) is 3. The second kappa shape index (κ2) is 6.18. The second-order valence-corrected chi connectivity index (χ2v) is 4.84. The molecule has 0 atom stereocenters. The summed E-state index contributed by atoms with van der Waals surface area (Å²) in [6.45, 7) is 1.52. The summed E-state index contributed by atoms with van der Waals surface area (Å²) < 4.78 is 1.70. The van der Waals surface area contributed by atoms with E-state index in [1.807, 2.05) is 19.2 Å². The van der Waals surface area contributed by atoms with Crippen molar-refractivity contribution in [1.29, 1.82) is 0 Å². The molecule has 4 nitrogen and oxygen atoms in total. The Kier molecular flexibility index (Phi) is 4.58. The van der Waals surface area contributed by atoms with Crippen molar-refractivity contribution in [2.24, 2.45) is 7.05 Å². The number of aryl methyl sites for hydroxylation is 1. The lowest BCUT2D eigenvalue weighted by atomic mass is 10.2. The molecule has 2 aromatic rings. The van der Waals surface area contributed by atoms with Gasteiger partial charge in [-0.3, -0.25) is 4.68 Å². The van der Waals surface area contributed by atoms with Crippen LogP contribution < -0.4 is 5.32 Å². The zero-order valence-electron chi connectivity index (χ0n) is 10.0. The molecule has 2 rings (SSSR count). The van der Waals surface area contributed by atoms with Gasteiger partial charge in [0.1, 0.15) is 6.33 Å². The van der Waals surface area contributed by atoms with Gasteiger partial charge in [-0.05, 0) is 17.7 Å². The number of benzene rings is 1. The summed E-state index contributed by atoms with van der Waals surface area (Å²) >= 11 is 11.9. The van der Waals surface area contributed by atoms with Crippen LogP contribution in [-0.4, -0.2) is 21.3 Å². The minimum absolute atomic E-state index is 0.654. The van der Waals surface area contributed by atoms with E-state index in [0.29, 0.717) is 16.6 Å². The lowest BCUT2D eigenvalue weighted by molar-refractivity contribution is 0.661. The van der Waals surface area contributed by atoms with Gasteiger partial charge in [0.25, 0.3) is 0 Å². The van der Waals surface area contributed by atoms with Crippen LogP contribution in [0.4, 0.5) is 0 Å². The van der Waals surface area contributed by atoms with Gasteiger partial charge >= 0.3 is 0 Å². The summed E-state index contributed by atoms with van der Waals surface area (Å²) in [5, 5.41) is 8.85. The molecule has 0 radical (unpaired) electrons. The number of hydrogen-bond donors (Lipinski definition) is 1. The quantitative estimate of drug-likeness (QED) is 0.858. The molecule has 1 N–H and O–H groups in total. The highest BCUT2D eigenvalue weighted by Gasteiger charge is 2.02. The van der Waals surface area contributed by atoms with Crippen molar-refractivity contribution >= 4 is 23.2 Å². The van der Waals surface area contributed by atoms with E-state index in [9.17, 15) is 0 Å². The Labute approximate surface area is 116 Å². The largest absolute Gasteiger partial charge is 0.312 e. The molecule has 0 fully saturated rings. The predicted molar refractivity (Wildman–Crippen MR) is 72.9 cm³/mol. The molecule has 0 amide bonds. The van der Waals surface area contributed by atoms with Crippen LogP contribution in [-0.2, 0) is 20.0 Å². The fraction of sp³-hybridized carbons (Fsp3) is 0.333. The Morgan fingerprint density at radius 3 is 2.83 bits per heavy atom. The molecule has 0 aliphatic heterocycles. The molecular weight excluding hydrogens is 271 g/mol. The third-order valence-corrected chi connectivity index (χ3v) is 3.09. The maximum Gasteiger partial charge on any atom is 0.151 e. The van der Waals surface area contributed by atoms with Crippen LogP contribution in [0.1, 0.15) is 11.4 Å². The third-order valence-electron chi connectivity index (χ3n) is 2.50. The first-order valence-corrected chi connectivity index (χ1v) is 6.40. The lowest BCUT2D eigenvalue weighted by Crippen LogP contribution is -2.17. The lowest BCUT2D eigenvalue weighted by Gasteiger charge is -2.06. The van der Waals surface area contributed by atoms with Gasteiger partial charge in [0.05, 0.1) is 0 Å². The Bertz CT molecular complexity index is 525. The molecule has 0 saturated carbocycles. The van der Waals surface area contributed by atoms with Gasteiger partial charge in [0.2, 0.25) is 0 Å². The van der Waals surface area contributed by atoms with E-state index in [1.165, 1.54) is 0 Å². The van der Waals surface area contributed by atoms with Crippen molar-refractivity contribution in [1.82, 2.24) is 20.1 Å². The molecular formula is C12H14Cl2N4. The Hall–Kier alpha value is -1.10. The molecule has 6 heteroatoms. The van der Waals surface area contributed by atoms with E-state index in [0.717, 1.165) is 24.4 Å². The van der Waals surface area contributed by atoms with Crippen LogP contribution in [0, 0.1) is 0 Å². The smallest absolute Gasteiger partial charge is 0.151 e. The zero-order valence-corrected chi connectivity index (χ0v) is 11.5.